The van der Waals surface area contributed by atoms with Gasteiger partial charge in [0.15, 0.2) is 5.82 Å². The fraction of sp³-hybridized carbons (Fsp3) is 0.267. The first-order chi connectivity index (χ1) is 10.3. The molecule has 1 aromatic heterocycles. The molecule has 0 spiro atoms. The van der Waals surface area contributed by atoms with Gasteiger partial charge in [0, 0.05) is 12.1 Å². The highest BCUT2D eigenvalue weighted by Gasteiger charge is 2.21. The summed E-state index contributed by atoms with van der Waals surface area (Å²) in [6.07, 6.45) is 3.22. The maximum atomic E-state index is 12.0. The van der Waals surface area contributed by atoms with E-state index in [1.165, 1.54) is 0 Å². The van der Waals surface area contributed by atoms with E-state index in [4.69, 9.17) is 4.74 Å². The van der Waals surface area contributed by atoms with Crippen molar-refractivity contribution in [3.8, 4) is 11.4 Å². The van der Waals surface area contributed by atoms with Gasteiger partial charge in [-0.25, -0.2) is 9.97 Å². The van der Waals surface area contributed by atoms with Gasteiger partial charge in [0.05, 0.1) is 31.3 Å². The van der Waals surface area contributed by atoms with Crippen molar-refractivity contribution < 1.29 is 9.53 Å². The minimum atomic E-state index is -0.326. The Kier molecular flexibility index (Phi) is 5.83. The zero-order valence-electron chi connectivity index (χ0n) is 11.9. The largest absolute Gasteiger partial charge is 0.378 e. The highest BCUT2D eigenvalue weighted by molar-refractivity contribution is 5.94. The van der Waals surface area contributed by atoms with Crippen LogP contribution in [0.2, 0.25) is 0 Å². The molecule has 0 saturated carbocycles. The van der Waals surface area contributed by atoms with E-state index in [1.807, 2.05) is 30.3 Å². The van der Waals surface area contributed by atoms with Crippen molar-refractivity contribution >= 4 is 24.0 Å². The number of amides is 1. The van der Waals surface area contributed by atoms with Gasteiger partial charge >= 0.3 is 0 Å². The van der Waals surface area contributed by atoms with Crippen LogP contribution in [0.15, 0.2) is 42.7 Å². The average molecular weight is 321 g/mol. The second-order valence-electron chi connectivity index (χ2n) is 4.73. The minimum absolute atomic E-state index is 0. The molecule has 0 aliphatic carbocycles. The Balaban J connectivity index is 0.00000176. The van der Waals surface area contributed by atoms with Gasteiger partial charge in [-0.1, -0.05) is 30.3 Å². The summed E-state index contributed by atoms with van der Waals surface area (Å²) in [5.41, 5.74) is 1.52. The number of rotatable bonds is 3. The second kappa shape index (κ2) is 7.84. The molecule has 116 valence electrons. The van der Waals surface area contributed by atoms with Crippen LogP contribution in [0.1, 0.15) is 0 Å². The first-order valence-electron chi connectivity index (χ1n) is 6.82. The zero-order chi connectivity index (χ0) is 14.5. The zero-order valence-corrected chi connectivity index (χ0v) is 12.7. The minimum Gasteiger partial charge on any atom is -0.378 e. The number of nitrogens with one attached hydrogen (secondary N) is 2. The standard InChI is InChI=1S/C15H16N4O2.ClH/c20-15(13-10-21-7-6-16-13)19-12-8-17-14(18-9-12)11-4-2-1-3-5-11;/h1-5,8-9,13,16H,6-7,10H2,(H,19,20);1H. The predicted molar refractivity (Wildman–Crippen MR) is 86.0 cm³/mol. The summed E-state index contributed by atoms with van der Waals surface area (Å²) in [5, 5.41) is 5.88. The molecule has 1 aromatic carbocycles. The van der Waals surface area contributed by atoms with Crippen LogP contribution in [0.5, 0.6) is 0 Å². The smallest absolute Gasteiger partial charge is 0.243 e. The predicted octanol–water partition coefficient (Wildman–Crippen LogP) is 1.49. The number of ether oxygens (including phenoxy) is 1. The van der Waals surface area contributed by atoms with E-state index in [9.17, 15) is 4.79 Å². The van der Waals surface area contributed by atoms with Gasteiger partial charge in [0.1, 0.15) is 6.04 Å². The van der Waals surface area contributed by atoms with E-state index >= 15 is 0 Å². The molecule has 1 aliphatic rings. The second-order valence-corrected chi connectivity index (χ2v) is 4.73. The van der Waals surface area contributed by atoms with Crippen LogP contribution in [0, 0.1) is 0 Å². The van der Waals surface area contributed by atoms with Crippen molar-refractivity contribution in [2.24, 2.45) is 0 Å². The van der Waals surface area contributed by atoms with Gasteiger partial charge < -0.3 is 15.4 Å². The van der Waals surface area contributed by atoms with E-state index in [-0.39, 0.29) is 24.4 Å². The Hall–Kier alpha value is -2.02. The lowest BCUT2D eigenvalue weighted by Gasteiger charge is -2.22. The molecule has 0 radical (unpaired) electrons. The molecular formula is C15H17ClN4O2. The molecular weight excluding hydrogens is 304 g/mol. The Morgan fingerprint density at radius 2 is 1.95 bits per heavy atom. The number of carbonyl (C=O) groups excluding carboxylic acids is 1. The fourth-order valence-electron chi connectivity index (χ4n) is 2.09. The Bertz CT molecular complexity index is 601. The van der Waals surface area contributed by atoms with Gasteiger partial charge in [0.25, 0.3) is 0 Å². The molecule has 22 heavy (non-hydrogen) atoms. The maximum absolute atomic E-state index is 12.0. The van der Waals surface area contributed by atoms with E-state index in [0.29, 0.717) is 31.3 Å². The third-order valence-corrected chi connectivity index (χ3v) is 3.19. The summed E-state index contributed by atoms with van der Waals surface area (Å²) < 4.78 is 5.26. The van der Waals surface area contributed by atoms with Crippen molar-refractivity contribution in [3.63, 3.8) is 0 Å². The van der Waals surface area contributed by atoms with Gasteiger partial charge in [-0.3, -0.25) is 4.79 Å². The molecule has 2 aromatic rings. The number of halogens is 1. The van der Waals surface area contributed by atoms with Crippen LogP contribution in [-0.2, 0) is 9.53 Å². The summed E-state index contributed by atoms with van der Waals surface area (Å²) in [6.45, 7) is 1.70. The first-order valence-corrected chi connectivity index (χ1v) is 6.82. The molecule has 7 heteroatoms. The number of morpholine rings is 1. The average Bonchev–Trinajstić information content (AvgIpc) is 2.57. The highest BCUT2D eigenvalue weighted by atomic mass is 35.5. The van der Waals surface area contributed by atoms with Crippen molar-refractivity contribution in [3.05, 3.63) is 42.7 Å². The number of anilines is 1. The Morgan fingerprint density at radius 1 is 1.23 bits per heavy atom. The van der Waals surface area contributed by atoms with Crippen molar-refractivity contribution in [2.75, 3.05) is 25.1 Å². The third-order valence-electron chi connectivity index (χ3n) is 3.19. The van der Waals surface area contributed by atoms with Crippen LogP contribution < -0.4 is 10.6 Å². The molecule has 6 nitrogen and oxygen atoms in total. The van der Waals surface area contributed by atoms with Crippen molar-refractivity contribution in [2.45, 2.75) is 6.04 Å². The van der Waals surface area contributed by atoms with Crippen LogP contribution >= 0.6 is 12.4 Å². The molecule has 1 unspecified atom stereocenters. The van der Waals surface area contributed by atoms with E-state index in [0.717, 1.165) is 5.56 Å². The number of hydrogen-bond donors (Lipinski definition) is 2. The van der Waals surface area contributed by atoms with E-state index < -0.39 is 0 Å². The molecule has 1 saturated heterocycles. The number of hydrogen-bond acceptors (Lipinski definition) is 5. The number of benzene rings is 1. The normalized spacial score (nSPS) is 17.4. The van der Waals surface area contributed by atoms with Crippen LogP contribution in [0.3, 0.4) is 0 Å². The molecule has 3 rings (SSSR count). The van der Waals surface area contributed by atoms with Crippen LogP contribution in [-0.4, -0.2) is 41.7 Å². The SMILES string of the molecule is Cl.O=C(Nc1cnc(-c2ccccc2)nc1)C1COCCN1. The van der Waals surface area contributed by atoms with Crippen molar-refractivity contribution in [1.82, 2.24) is 15.3 Å². The highest BCUT2D eigenvalue weighted by Crippen LogP contribution is 2.14. The number of carbonyl (C=O) groups is 1. The third kappa shape index (κ3) is 4.00. The molecule has 1 fully saturated rings. The van der Waals surface area contributed by atoms with E-state index in [2.05, 4.69) is 20.6 Å². The van der Waals surface area contributed by atoms with Crippen LogP contribution in [0.25, 0.3) is 11.4 Å². The number of nitrogens with zero attached hydrogens (tertiary/aromatic N) is 2. The Morgan fingerprint density at radius 3 is 2.59 bits per heavy atom. The summed E-state index contributed by atoms with van der Waals surface area (Å²) in [7, 11) is 0. The van der Waals surface area contributed by atoms with Gasteiger partial charge in [-0.15, -0.1) is 12.4 Å². The summed E-state index contributed by atoms with van der Waals surface area (Å²) in [4.78, 5) is 20.6. The first kappa shape index (κ1) is 16.4. The van der Waals surface area contributed by atoms with Gasteiger partial charge in [0.2, 0.25) is 5.91 Å². The summed E-state index contributed by atoms with van der Waals surface area (Å²) >= 11 is 0. The Labute approximate surface area is 134 Å². The summed E-state index contributed by atoms with van der Waals surface area (Å²) in [6, 6.07) is 9.37. The molecule has 1 amide bonds. The topological polar surface area (TPSA) is 76.1 Å². The lowest BCUT2D eigenvalue weighted by Crippen LogP contribution is -2.48. The summed E-state index contributed by atoms with van der Waals surface area (Å²) in [5.74, 6) is 0.499. The molecule has 1 aliphatic heterocycles. The van der Waals surface area contributed by atoms with E-state index in [1.54, 1.807) is 12.4 Å². The monoisotopic (exact) mass is 320 g/mol. The van der Waals surface area contributed by atoms with Crippen LogP contribution in [0.4, 0.5) is 5.69 Å². The van der Waals surface area contributed by atoms with Gasteiger partial charge in [-0.05, 0) is 0 Å². The molecule has 1 atom stereocenters. The molecule has 2 heterocycles. The quantitative estimate of drug-likeness (QED) is 0.896. The lowest BCUT2D eigenvalue weighted by atomic mass is 10.2. The number of aromatic nitrogens is 2. The maximum Gasteiger partial charge on any atom is 0.243 e. The van der Waals surface area contributed by atoms with Gasteiger partial charge in [-0.2, -0.15) is 0 Å². The fourth-order valence-corrected chi connectivity index (χ4v) is 2.09. The molecule has 0 bridgehead atoms. The lowest BCUT2D eigenvalue weighted by molar-refractivity contribution is -0.120. The van der Waals surface area contributed by atoms with Crippen molar-refractivity contribution in [1.29, 1.82) is 0 Å². The molecule has 2 N–H and O–H groups in total.